The first-order valence-corrected chi connectivity index (χ1v) is 8.89. The zero-order valence-electron chi connectivity index (χ0n) is 13.2. The topological polar surface area (TPSA) is 66.4 Å². The normalized spacial score (nSPS) is 14.2. The summed E-state index contributed by atoms with van der Waals surface area (Å²) in [6, 6.07) is 9.52. The molecular weight excluding hydrogens is 322 g/mol. The van der Waals surface area contributed by atoms with E-state index in [4.69, 9.17) is 0 Å². The molecule has 24 heavy (non-hydrogen) atoms. The molecule has 0 fully saturated rings. The minimum Gasteiger partial charge on any atom is -0.478 e. The number of carbonyl (C=O) groups excluding carboxylic acids is 1. The van der Waals surface area contributed by atoms with Gasteiger partial charge in [-0.25, -0.2) is 4.79 Å². The van der Waals surface area contributed by atoms with E-state index in [9.17, 15) is 14.7 Å². The molecule has 0 spiro atoms. The van der Waals surface area contributed by atoms with E-state index in [-0.39, 0.29) is 11.5 Å². The molecule has 3 rings (SSSR count). The van der Waals surface area contributed by atoms with Gasteiger partial charge in [-0.1, -0.05) is 36.8 Å². The lowest BCUT2D eigenvalue weighted by Crippen LogP contribution is -2.11. The number of anilines is 1. The molecule has 0 saturated carbocycles. The van der Waals surface area contributed by atoms with Crippen molar-refractivity contribution in [2.45, 2.75) is 32.1 Å². The second-order valence-electron chi connectivity index (χ2n) is 5.81. The first-order chi connectivity index (χ1) is 11.6. The van der Waals surface area contributed by atoms with Crippen molar-refractivity contribution in [3.05, 3.63) is 58.0 Å². The van der Waals surface area contributed by atoms with Crippen LogP contribution in [-0.2, 0) is 17.6 Å². The summed E-state index contributed by atoms with van der Waals surface area (Å²) in [6.45, 7) is 0. The van der Waals surface area contributed by atoms with E-state index in [0.717, 1.165) is 48.1 Å². The van der Waals surface area contributed by atoms with Crippen LogP contribution < -0.4 is 5.32 Å². The summed E-state index contributed by atoms with van der Waals surface area (Å²) >= 11 is 1.41. The van der Waals surface area contributed by atoms with Crippen LogP contribution in [0.1, 0.15) is 45.6 Å². The Morgan fingerprint density at radius 1 is 1.08 bits per heavy atom. The summed E-state index contributed by atoms with van der Waals surface area (Å²) in [6.07, 6.45) is 8.04. The predicted molar refractivity (Wildman–Crippen MR) is 96.6 cm³/mol. The highest BCUT2D eigenvalue weighted by atomic mass is 32.1. The molecule has 0 radical (unpaired) electrons. The number of hydrogen-bond donors (Lipinski definition) is 2. The molecule has 0 saturated heterocycles. The molecule has 0 atom stereocenters. The van der Waals surface area contributed by atoms with Crippen LogP contribution in [0.5, 0.6) is 0 Å². The number of hydrogen-bond acceptors (Lipinski definition) is 3. The second kappa shape index (κ2) is 7.45. The average Bonchev–Trinajstić information content (AvgIpc) is 2.75. The number of aryl methyl sites for hydroxylation is 1. The van der Waals surface area contributed by atoms with Gasteiger partial charge in [0.1, 0.15) is 5.00 Å². The third-order valence-corrected chi connectivity index (χ3v) is 5.31. The Hall–Kier alpha value is -2.40. The highest BCUT2D eigenvalue weighted by molar-refractivity contribution is 7.17. The van der Waals surface area contributed by atoms with Crippen molar-refractivity contribution in [3.63, 3.8) is 0 Å². The van der Waals surface area contributed by atoms with Crippen LogP contribution in [0.3, 0.4) is 0 Å². The number of aromatic carboxylic acids is 1. The summed E-state index contributed by atoms with van der Waals surface area (Å²) in [5.74, 6) is -1.27. The number of rotatable bonds is 4. The number of carboxylic acid groups (broad SMARTS) is 1. The summed E-state index contributed by atoms with van der Waals surface area (Å²) < 4.78 is 0. The Morgan fingerprint density at radius 2 is 1.83 bits per heavy atom. The van der Waals surface area contributed by atoms with Crippen LogP contribution >= 0.6 is 11.3 Å². The maximum Gasteiger partial charge on any atom is 0.339 e. The van der Waals surface area contributed by atoms with Crippen LogP contribution in [0, 0.1) is 0 Å². The van der Waals surface area contributed by atoms with Crippen LogP contribution in [0.4, 0.5) is 5.00 Å². The number of carbonyl (C=O) groups is 2. The molecule has 1 heterocycles. The van der Waals surface area contributed by atoms with Gasteiger partial charge in [0.05, 0.1) is 5.56 Å². The van der Waals surface area contributed by atoms with Gasteiger partial charge in [-0.05, 0) is 42.9 Å². The van der Waals surface area contributed by atoms with Crippen molar-refractivity contribution in [2.24, 2.45) is 0 Å². The van der Waals surface area contributed by atoms with Gasteiger partial charge in [0.2, 0.25) is 5.91 Å². The lowest BCUT2D eigenvalue weighted by molar-refractivity contribution is -0.111. The minimum absolute atomic E-state index is 0.276. The number of benzene rings is 1. The first-order valence-electron chi connectivity index (χ1n) is 8.07. The van der Waals surface area contributed by atoms with Gasteiger partial charge < -0.3 is 10.4 Å². The van der Waals surface area contributed by atoms with Gasteiger partial charge >= 0.3 is 5.97 Å². The smallest absolute Gasteiger partial charge is 0.339 e. The minimum atomic E-state index is -0.961. The summed E-state index contributed by atoms with van der Waals surface area (Å²) in [4.78, 5) is 24.9. The van der Waals surface area contributed by atoms with E-state index in [0.29, 0.717) is 5.00 Å². The molecule has 1 aliphatic rings. The van der Waals surface area contributed by atoms with Crippen molar-refractivity contribution < 1.29 is 14.7 Å². The van der Waals surface area contributed by atoms with Crippen LogP contribution in [0.25, 0.3) is 6.08 Å². The van der Waals surface area contributed by atoms with Crippen molar-refractivity contribution in [1.82, 2.24) is 0 Å². The highest BCUT2D eigenvalue weighted by Crippen LogP contribution is 2.37. The van der Waals surface area contributed by atoms with E-state index in [1.807, 2.05) is 30.3 Å². The third-order valence-electron chi connectivity index (χ3n) is 4.10. The van der Waals surface area contributed by atoms with E-state index in [1.165, 1.54) is 17.4 Å². The molecule has 0 aliphatic heterocycles. The standard InChI is InChI=1S/C19H19NO3S/c21-16(12-11-13-7-3-1-4-8-13)20-18-17(19(22)23)14-9-5-2-6-10-15(14)24-18/h1,3-4,7-8,11-12H,2,5-6,9-10H2,(H,20,21)(H,22,23)/b12-11+. The Kier molecular flexibility index (Phi) is 5.11. The Balaban J connectivity index is 1.80. The molecule has 1 aromatic carbocycles. The van der Waals surface area contributed by atoms with E-state index >= 15 is 0 Å². The average molecular weight is 341 g/mol. The van der Waals surface area contributed by atoms with E-state index < -0.39 is 5.97 Å². The number of nitrogens with one attached hydrogen (secondary N) is 1. The molecule has 0 bridgehead atoms. The monoisotopic (exact) mass is 341 g/mol. The summed E-state index contributed by atoms with van der Waals surface area (Å²) in [5.41, 5.74) is 2.11. The Morgan fingerprint density at radius 3 is 2.58 bits per heavy atom. The first kappa shape index (κ1) is 16.5. The highest BCUT2D eigenvalue weighted by Gasteiger charge is 2.24. The molecule has 4 nitrogen and oxygen atoms in total. The number of fused-ring (bicyclic) bond motifs is 1. The van der Waals surface area contributed by atoms with E-state index in [1.54, 1.807) is 6.08 Å². The van der Waals surface area contributed by atoms with Gasteiger partial charge in [0.15, 0.2) is 0 Å². The molecule has 124 valence electrons. The van der Waals surface area contributed by atoms with Crippen molar-refractivity contribution >= 4 is 34.3 Å². The predicted octanol–water partition coefficient (Wildman–Crippen LogP) is 4.37. The van der Waals surface area contributed by atoms with Crippen molar-refractivity contribution in [1.29, 1.82) is 0 Å². The molecular formula is C19H19NO3S. The maximum absolute atomic E-state index is 12.2. The van der Waals surface area contributed by atoms with Gasteiger partial charge in [0.25, 0.3) is 0 Å². The quantitative estimate of drug-likeness (QED) is 0.641. The molecule has 5 heteroatoms. The number of carboxylic acids is 1. The summed E-state index contributed by atoms with van der Waals surface area (Å²) in [5, 5.41) is 12.8. The largest absolute Gasteiger partial charge is 0.478 e. The summed E-state index contributed by atoms with van der Waals surface area (Å²) in [7, 11) is 0. The van der Waals surface area contributed by atoms with Crippen LogP contribution in [0.15, 0.2) is 36.4 Å². The zero-order chi connectivity index (χ0) is 16.9. The SMILES string of the molecule is O=C(/C=C/c1ccccc1)Nc1sc2c(c1C(=O)O)CCCCC2. The molecule has 2 N–H and O–H groups in total. The van der Waals surface area contributed by atoms with Crippen molar-refractivity contribution in [2.75, 3.05) is 5.32 Å². The second-order valence-corrected chi connectivity index (χ2v) is 6.91. The molecule has 2 aromatic rings. The molecule has 0 unspecified atom stereocenters. The lowest BCUT2D eigenvalue weighted by Gasteiger charge is -2.03. The van der Waals surface area contributed by atoms with Gasteiger partial charge in [-0.2, -0.15) is 0 Å². The van der Waals surface area contributed by atoms with E-state index in [2.05, 4.69) is 5.32 Å². The Labute approximate surface area is 144 Å². The fraction of sp³-hybridized carbons (Fsp3) is 0.263. The lowest BCUT2D eigenvalue weighted by atomic mass is 10.1. The van der Waals surface area contributed by atoms with Gasteiger partial charge in [-0.3, -0.25) is 4.79 Å². The zero-order valence-corrected chi connectivity index (χ0v) is 14.1. The Bertz CT molecular complexity index is 777. The van der Waals surface area contributed by atoms with Crippen LogP contribution in [-0.4, -0.2) is 17.0 Å². The third kappa shape index (κ3) is 3.74. The number of amides is 1. The fourth-order valence-electron chi connectivity index (χ4n) is 2.95. The number of thiophene rings is 1. The fourth-order valence-corrected chi connectivity index (χ4v) is 4.23. The van der Waals surface area contributed by atoms with Crippen LogP contribution in [0.2, 0.25) is 0 Å². The molecule has 1 amide bonds. The molecule has 1 aromatic heterocycles. The van der Waals surface area contributed by atoms with Crippen molar-refractivity contribution in [3.8, 4) is 0 Å². The van der Waals surface area contributed by atoms with Gasteiger partial charge in [0, 0.05) is 11.0 Å². The maximum atomic E-state index is 12.2. The molecule has 1 aliphatic carbocycles. The van der Waals surface area contributed by atoms with Gasteiger partial charge in [-0.15, -0.1) is 11.3 Å².